The number of rotatable bonds is 7. The molecule has 0 radical (unpaired) electrons. The lowest BCUT2D eigenvalue weighted by atomic mass is 9.80. The topological polar surface area (TPSA) is 105 Å². The van der Waals surface area contributed by atoms with Crippen molar-refractivity contribution >= 4 is 12.0 Å². The molecule has 2 aromatic rings. The zero-order valence-electron chi connectivity index (χ0n) is 16.1. The summed E-state index contributed by atoms with van der Waals surface area (Å²) in [7, 11) is 1.43. The molecule has 0 aliphatic heterocycles. The van der Waals surface area contributed by atoms with Crippen LogP contribution >= 0.6 is 0 Å². The minimum absolute atomic E-state index is 0.103. The Morgan fingerprint density at radius 3 is 2.39 bits per heavy atom. The fourth-order valence-electron chi connectivity index (χ4n) is 2.86. The fraction of sp³-hybridized carbons (Fsp3) is 0.333. The van der Waals surface area contributed by atoms with Gasteiger partial charge in [-0.3, -0.25) is 10.1 Å². The van der Waals surface area contributed by atoms with Crippen LogP contribution in [0, 0.1) is 5.41 Å². The molecule has 0 aromatic heterocycles. The molecule has 2 amide bonds. The van der Waals surface area contributed by atoms with Gasteiger partial charge in [0.15, 0.2) is 11.5 Å². The van der Waals surface area contributed by atoms with Crippen molar-refractivity contribution in [2.75, 3.05) is 13.7 Å². The van der Waals surface area contributed by atoms with Gasteiger partial charge in [-0.2, -0.15) is 0 Å². The van der Waals surface area contributed by atoms with Crippen molar-refractivity contribution < 1.29 is 29.3 Å². The molecule has 1 atom stereocenters. The SMILES string of the molecule is COc1ccc([C@H](OC(=O)NC(=O)c2ccccc2)C(C)(C)CCO)cc1O. The normalized spacial score (nSPS) is 12.1. The second-order valence-electron chi connectivity index (χ2n) is 7.00. The summed E-state index contributed by atoms with van der Waals surface area (Å²) in [5, 5.41) is 21.7. The molecular weight excluding hydrogens is 362 g/mol. The molecule has 0 aliphatic rings. The molecule has 0 fully saturated rings. The van der Waals surface area contributed by atoms with Gasteiger partial charge < -0.3 is 19.7 Å². The third kappa shape index (κ3) is 5.23. The lowest BCUT2D eigenvalue weighted by molar-refractivity contribution is 0.00858. The molecule has 0 saturated carbocycles. The highest BCUT2D eigenvalue weighted by Crippen LogP contribution is 2.41. The van der Waals surface area contributed by atoms with E-state index in [2.05, 4.69) is 5.32 Å². The number of nitrogens with one attached hydrogen (secondary N) is 1. The minimum atomic E-state index is -0.917. The largest absolute Gasteiger partial charge is 0.504 e. The maximum Gasteiger partial charge on any atom is 0.414 e. The van der Waals surface area contributed by atoms with Gasteiger partial charge in [-0.25, -0.2) is 4.79 Å². The molecule has 0 spiro atoms. The van der Waals surface area contributed by atoms with Gasteiger partial charge in [-0.05, 0) is 36.2 Å². The first-order valence-electron chi connectivity index (χ1n) is 8.83. The molecule has 3 N–H and O–H groups in total. The van der Waals surface area contributed by atoms with Gasteiger partial charge in [0.1, 0.15) is 6.10 Å². The summed E-state index contributed by atoms with van der Waals surface area (Å²) in [6, 6.07) is 13.0. The van der Waals surface area contributed by atoms with Crippen molar-refractivity contribution in [1.29, 1.82) is 0 Å². The van der Waals surface area contributed by atoms with Crippen LogP contribution in [0.4, 0.5) is 4.79 Å². The Hall–Kier alpha value is -3.06. The maximum atomic E-state index is 12.4. The predicted octanol–water partition coefficient (Wildman–Crippen LogP) is 3.42. The van der Waals surface area contributed by atoms with Crippen LogP contribution in [-0.2, 0) is 4.74 Å². The van der Waals surface area contributed by atoms with Crippen LogP contribution in [0.1, 0.15) is 42.3 Å². The molecule has 150 valence electrons. The average Bonchev–Trinajstić information content (AvgIpc) is 2.66. The number of aromatic hydroxyl groups is 1. The number of ether oxygens (including phenoxy) is 2. The number of phenolic OH excluding ortho intramolecular Hbond substituents is 1. The number of aliphatic hydroxyl groups is 1. The first kappa shape index (κ1) is 21.2. The average molecular weight is 387 g/mol. The molecule has 0 heterocycles. The molecule has 2 rings (SSSR count). The highest BCUT2D eigenvalue weighted by molar-refractivity contribution is 6.02. The fourth-order valence-corrected chi connectivity index (χ4v) is 2.86. The molecule has 0 aliphatic carbocycles. The summed E-state index contributed by atoms with van der Waals surface area (Å²) < 4.78 is 10.6. The number of imide groups is 1. The van der Waals surface area contributed by atoms with E-state index in [1.165, 1.54) is 13.2 Å². The van der Waals surface area contributed by atoms with Crippen molar-refractivity contribution in [2.45, 2.75) is 26.4 Å². The number of hydrogen-bond acceptors (Lipinski definition) is 6. The van der Waals surface area contributed by atoms with Crippen molar-refractivity contribution in [3.8, 4) is 11.5 Å². The molecule has 0 saturated heterocycles. The van der Waals surface area contributed by atoms with E-state index >= 15 is 0 Å². The van der Waals surface area contributed by atoms with Crippen LogP contribution in [0.5, 0.6) is 11.5 Å². The molecule has 0 bridgehead atoms. The predicted molar refractivity (Wildman–Crippen MR) is 103 cm³/mol. The van der Waals surface area contributed by atoms with E-state index in [0.29, 0.717) is 17.5 Å². The first-order valence-corrected chi connectivity index (χ1v) is 8.83. The summed E-state index contributed by atoms with van der Waals surface area (Å²) in [6.45, 7) is 3.53. The summed E-state index contributed by atoms with van der Waals surface area (Å²) in [4.78, 5) is 24.5. The number of aliphatic hydroxyl groups excluding tert-OH is 1. The van der Waals surface area contributed by atoms with Crippen LogP contribution in [0.15, 0.2) is 48.5 Å². The zero-order chi connectivity index (χ0) is 20.7. The Labute approximate surface area is 163 Å². The minimum Gasteiger partial charge on any atom is -0.504 e. The van der Waals surface area contributed by atoms with E-state index in [-0.39, 0.29) is 18.1 Å². The number of amides is 2. The van der Waals surface area contributed by atoms with Gasteiger partial charge >= 0.3 is 6.09 Å². The molecule has 2 aromatic carbocycles. The Morgan fingerprint density at radius 1 is 1.14 bits per heavy atom. The summed E-state index contributed by atoms with van der Waals surface area (Å²) in [5.74, 6) is -0.401. The number of alkyl carbamates (subject to hydrolysis) is 1. The van der Waals surface area contributed by atoms with Gasteiger partial charge in [0.2, 0.25) is 0 Å². The van der Waals surface area contributed by atoms with Crippen molar-refractivity contribution in [1.82, 2.24) is 5.32 Å². The summed E-state index contributed by atoms with van der Waals surface area (Å²) in [5.41, 5.74) is 0.176. The number of phenols is 1. The maximum absolute atomic E-state index is 12.4. The smallest absolute Gasteiger partial charge is 0.414 e. The van der Waals surface area contributed by atoms with Crippen LogP contribution in [0.25, 0.3) is 0 Å². The van der Waals surface area contributed by atoms with Gasteiger partial charge in [-0.15, -0.1) is 0 Å². The molecule has 7 nitrogen and oxygen atoms in total. The molecule has 0 unspecified atom stereocenters. The number of carbonyl (C=O) groups excluding carboxylic acids is 2. The van der Waals surface area contributed by atoms with Crippen LogP contribution < -0.4 is 10.1 Å². The molecular formula is C21H25NO6. The van der Waals surface area contributed by atoms with Gasteiger partial charge in [0.05, 0.1) is 7.11 Å². The summed E-state index contributed by atoms with van der Waals surface area (Å²) in [6.07, 6.45) is -1.40. The van der Waals surface area contributed by atoms with E-state index in [9.17, 15) is 19.8 Å². The quantitative estimate of drug-likeness (QED) is 0.672. The van der Waals surface area contributed by atoms with Crippen molar-refractivity contribution in [3.05, 3.63) is 59.7 Å². The second kappa shape index (κ2) is 9.23. The Kier molecular flexibility index (Phi) is 7.00. The van der Waals surface area contributed by atoms with Gasteiger partial charge in [0, 0.05) is 17.6 Å². The standard InChI is InChI=1S/C21H25NO6/c1-21(2,11-12-23)18(15-9-10-17(27-3)16(24)13-15)28-20(26)22-19(25)14-7-5-4-6-8-14/h4-10,13,18,23-24H,11-12H2,1-3H3,(H,22,25,26)/t18-/m0/s1. The van der Waals surface area contributed by atoms with Gasteiger partial charge in [0.25, 0.3) is 5.91 Å². The van der Waals surface area contributed by atoms with E-state index in [4.69, 9.17) is 9.47 Å². The van der Waals surface area contributed by atoms with E-state index in [0.717, 1.165) is 0 Å². The zero-order valence-corrected chi connectivity index (χ0v) is 16.1. The summed E-state index contributed by atoms with van der Waals surface area (Å²) >= 11 is 0. The number of methoxy groups -OCH3 is 1. The Balaban J connectivity index is 2.23. The first-order chi connectivity index (χ1) is 13.3. The second-order valence-corrected chi connectivity index (χ2v) is 7.00. The van der Waals surface area contributed by atoms with Gasteiger partial charge in [-0.1, -0.05) is 38.1 Å². The monoisotopic (exact) mass is 387 g/mol. The number of benzene rings is 2. The van der Waals surface area contributed by atoms with Crippen LogP contribution in [0.2, 0.25) is 0 Å². The Morgan fingerprint density at radius 2 is 1.82 bits per heavy atom. The van der Waals surface area contributed by atoms with Crippen molar-refractivity contribution in [3.63, 3.8) is 0 Å². The van der Waals surface area contributed by atoms with E-state index in [1.54, 1.807) is 42.5 Å². The third-order valence-electron chi connectivity index (χ3n) is 4.45. The number of hydrogen-bond donors (Lipinski definition) is 3. The lowest BCUT2D eigenvalue weighted by Crippen LogP contribution is -2.36. The highest BCUT2D eigenvalue weighted by Gasteiger charge is 2.34. The molecule has 7 heteroatoms. The lowest BCUT2D eigenvalue weighted by Gasteiger charge is -2.33. The molecule has 28 heavy (non-hydrogen) atoms. The van der Waals surface area contributed by atoms with Crippen LogP contribution in [-0.4, -0.2) is 35.9 Å². The highest BCUT2D eigenvalue weighted by atomic mass is 16.6. The number of carbonyl (C=O) groups is 2. The van der Waals surface area contributed by atoms with E-state index < -0.39 is 23.5 Å². The Bertz CT molecular complexity index is 819. The third-order valence-corrected chi connectivity index (χ3v) is 4.45. The van der Waals surface area contributed by atoms with E-state index in [1.807, 2.05) is 13.8 Å². The van der Waals surface area contributed by atoms with Crippen LogP contribution in [0.3, 0.4) is 0 Å². The van der Waals surface area contributed by atoms with Crippen molar-refractivity contribution in [2.24, 2.45) is 5.41 Å².